The Morgan fingerprint density at radius 3 is 2.65 bits per heavy atom. The van der Waals surface area contributed by atoms with Crippen LogP contribution >= 0.6 is 0 Å². The van der Waals surface area contributed by atoms with Crippen LogP contribution in [0, 0.1) is 17.8 Å². The van der Waals surface area contributed by atoms with E-state index in [0.717, 1.165) is 6.42 Å². The predicted molar refractivity (Wildman–Crippen MR) is 58.7 cm³/mol. The summed E-state index contributed by atoms with van der Waals surface area (Å²) in [4.78, 5) is 13.7. The Bertz CT molecular complexity index is 330. The lowest BCUT2D eigenvalue weighted by molar-refractivity contribution is -0.136. The van der Waals surface area contributed by atoms with Crippen LogP contribution in [-0.4, -0.2) is 42.9 Å². The van der Waals surface area contributed by atoms with Gasteiger partial charge in [0.15, 0.2) is 0 Å². The molecule has 0 spiro atoms. The van der Waals surface area contributed by atoms with Gasteiger partial charge in [-0.3, -0.25) is 4.79 Å². The first kappa shape index (κ1) is 11.4. The molecule has 3 fully saturated rings. The molecule has 2 atom stereocenters. The van der Waals surface area contributed by atoms with Crippen molar-refractivity contribution in [2.24, 2.45) is 17.8 Å². The number of rotatable bonds is 1. The smallest absolute Gasteiger partial charge is 0.252 e. The molecule has 0 aromatic heterocycles. The fourth-order valence-electron chi connectivity index (χ4n) is 3.33. The van der Waals surface area contributed by atoms with Crippen molar-refractivity contribution in [2.45, 2.75) is 25.2 Å². The SMILES string of the molecule is O=C(C1CNC1)N1C[C@@H]2CCCC(F)(F)[C@@H]2C1. The number of nitrogens with zero attached hydrogens (tertiary/aromatic N) is 1. The second-order valence-electron chi connectivity index (χ2n) is 5.62. The molecule has 2 heterocycles. The fraction of sp³-hybridized carbons (Fsp3) is 0.917. The van der Waals surface area contributed by atoms with E-state index in [4.69, 9.17) is 0 Å². The van der Waals surface area contributed by atoms with Crippen LogP contribution in [0.5, 0.6) is 0 Å². The monoisotopic (exact) mass is 244 g/mol. The summed E-state index contributed by atoms with van der Waals surface area (Å²) >= 11 is 0. The molecule has 0 radical (unpaired) electrons. The number of alkyl halides is 2. The zero-order valence-electron chi connectivity index (χ0n) is 9.79. The van der Waals surface area contributed by atoms with Crippen LogP contribution in [0.3, 0.4) is 0 Å². The number of carbonyl (C=O) groups excluding carboxylic acids is 1. The molecule has 96 valence electrons. The molecule has 3 nitrogen and oxygen atoms in total. The van der Waals surface area contributed by atoms with Gasteiger partial charge in [-0.2, -0.15) is 0 Å². The molecule has 2 saturated heterocycles. The van der Waals surface area contributed by atoms with Crippen LogP contribution in [0.25, 0.3) is 0 Å². The number of carbonyl (C=O) groups is 1. The Balaban J connectivity index is 1.69. The maximum atomic E-state index is 13.7. The number of likely N-dealkylation sites (tertiary alicyclic amines) is 1. The van der Waals surface area contributed by atoms with Crippen molar-refractivity contribution in [1.29, 1.82) is 0 Å². The lowest BCUT2D eigenvalue weighted by Gasteiger charge is -2.32. The van der Waals surface area contributed by atoms with E-state index in [2.05, 4.69) is 5.32 Å². The summed E-state index contributed by atoms with van der Waals surface area (Å²) in [7, 11) is 0. The van der Waals surface area contributed by atoms with Crippen molar-refractivity contribution in [3.63, 3.8) is 0 Å². The molecular weight excluding hydrogens is 226 g/mol. The molecule has 0 aromatic rings. The Kier molecular flexibility index (Phi) is 2.61. The van der Waals surface area contributed by atoms with E-state index in [1.807, 2.05) is 0 Å². The van der Waals surface area contributed by atoms with Crippen molar-refractivity contribution in [3.8, 4) is 0 Å². The highest BCUT2D eigenvalue weighted by Gasteiger charge is 2.52. The summed E-state index contributed by atoms with van der Waals surface area (Å²) in [6, 6.07) is 0. The summed E-state index contributed by atoms with van der Waals surface area (Å²) in [5.41, 5.74) is 0. The second kappa shape index (κ2) is 3.90. The Labute approximate surface area is 99.5 Å². The summed E-state index contributed by atoms with van der Waals surface area (Å²) in [6.45, 7) is 2.24. The summed E-state index contributed by atoms with van der Waals surface area (Å²) in [5.74, 6) is -3.02. The van der Waals surface area contributed by atoms with Gasteiger partial charge in [0, 0.05) is 38.5 Å². The van der Waals surface area contributed by atoms with Gasteiger partial charge in [0.2, 0.25) is 5.91 Å². The van der Waals surface area contributed by atoms with Gasteiger partial charge in [-0.25, -0.2) is 8.78 Å². The van der Waals surface area contributed by atoms with Crippen LogP contribution in [0.1, 0.15) is 19.3 Å². The minimum atomic E-state index is -2.56. The quantitative estimate of drug-likeness (QED) is 0.749. The largest absolute Gasteiger partial charge is 0.342 e. The molecule has 5 heteroatoms. The molecule has 0 aromatic carbocycles. The number of halogens is 2. The van der Waals surface area contributed by atoms with Gasteiger partial charge in [-0.15, -0.1) is 0 Å². The molecule has 1 amide bonds. The van der Waals surface area contributed by atoms with Crippen LogP contribution in [0.4, 0.5) is 8.78 Å². The first-order valence-electron chi connectivity index (χ1n) is 6.45. The molecule has 2 aliphatic heterocycles. The molecule has 17 heavy (non-hydrogen) atoms. The van der Waals surface area contributed by atoms with Gasteiger partial charge in [0.1, 0.15) is 0 Å². The highest BCUT2D eigenvalue weighted by atomic mass is 19.3. The van der Waals surface area contributed by atoms with Crippen LogP contribution in [0.2, 0.25) is 0 Å². The number of nitrogens with one attached hydrogen (secondary N) is 1. The fourth-order valence-corrected chi connectivity index (χ4v) is 3.33. The summed E-state index contributed by atoms with van der Waals surface area (Å²) in [6.07, 6.45) is 1.45. The maximum Gasteiger partial charge on any atom is 0.252 e. The van der Waals surface area contributed by atoms with Gasteiger partial charge in [-0.05, 0) is 18.8 Å². The standard InChI is InChI=1S/C12H18F2N2O/c13-12(14)3-1-2-8-6-16(7-10(8)12)11(17)9-4-15-5-9/h8-10,15H,1-7H2/t8-,10+/m0/s1. The van der Waals surface area contributed by atoms with Gasteiger partial charge in [-0.1, -0.05) is 0 Å². The zero-order chi connectivity index (χ0) is 12.0. The Morgan fingerprint density at radius 2 is 2.06 bits per heavy atom. The van der Waals surface area contributed by atoms with E-state index < -0.39 is 11.8 Å². The second-order valence-corrected chi connectivity index (χ2v) is 5.62. The average molecular weight is 244 g/mol. The highest BCUT2D eigenvalue weighted by Crippen LogP contribution is 2.46. The predicted octanol–water partition coefficient (Wildman–Crippen LogP) is 1.10. The van der Waals surface area contributed by atoms with Gasteiger partial charge in [0.25, 0.3) is 5.92 Å². The van der Waals surface area contributed by atoms with Crippen molar-refractivity contribution >= 4 is 5.91 Å². The minimum absolute atomic E-state index is 0.00117. The van der Waals surface area contributed by atoms with Gasteiger partial charge < -0.3 is 10.2 Å². The maximum absolute atomic E-state index is 13.7. The third-order valence-electron chi connectivity index (χ3n) is 4.51. The Morgan fingerprint density at radius 1 is 1.29 bits per heavy atom. The molecule has 1 saturated carbocycles. The topological polar surface area (TPSA) is 32.3 Å². The summed E-state index contributed by atoms with van der Waals surface area (Å²) in [5, 5.41) is 3.05. The van der Waals surface area contributed by atoms with Gasteiger partial charge in [0.05, 0.1) is 5.92 Å². The molecular formula is C12H18F2N2O. The van der Waals surface area contributed by atoms with Crippen LogP contribution < -0.4 is 5.32 Å². The molecule has 0 unspecified atom stereocenters. The molecule has 3 rings (SSSR count). The first-order chi connectivity index (χ1) is 8.08. The third kappa shape index (κ3) is 1.84. The van der Waals surface area contributed by atoms with E-state index in [1.54, 1.807) is 4.90 Å². The molecule has 1 aliphatic carbocycles. The Hall–Kier alpha value is -0.710. The van der Waals surface area contributed by atoms with E-state index in [9.17, 15) is 13.6 Å². The number of fused-ring (bicyclic) bond motifs is 1. The highest BCUT2D eigenvalue weighted by molar-refractivity contribution is 5.80. The zero-order valence-corrected chi connectivity index (χ0v) is 9.79. The summed E-state index contributed by atoms with van der Waals surface area (Å²) < 4.78 is 27.5. The lowest BCUT2D eigenvalue weighted by atomic mass is 9.79. The van der Waals surface area contributed by atoms with E-state index in [-0.39, 0.29) is 30.7 Å². The number of hydrogen-bond acceptors (Lipinski definition) is 2. The molecule has 1 N–H and O–H groups in total. The minimum Gasteiger partial charge on any atom is -0.342 e. The van der Waals surface area contributed by atoms with E-state index in [0.29, 0.717) is 26.1 Å². The normalized spacial score (nSPS) is 36.5. The van der Waals surface area contributed by atoms with Crippen molar-refractivity contribution in [2.75, 3.05) is 26.2 Å². The van der Waals surface area contributed by atoms with Crippen LogP contribution in [-0.2, 0) is 4.79 Å². The van der Waals surface area contributed by atoms with E-state index in [1.165, 1.54) is 0 Å². The van der Waals surface area contributed by atoms with Crippen molar-refractivity contribution in [1.82, 2.24) is 10.2 Å². The molecule has 0 bridgehead atoms. The molecule has 3 aliphatic rings. The first-order valence-corrected chi connectivity index (χ1v) is 6.45. The van der Waals surface area contributed by atoms with Gasteiger partial charge >= 0.3 is 0 Å². The average Bonchev–Trinajstić information content (AvgIpc) is 2.59. The number of hydrogen-bond donors (Lipinski definition) is 1. The number of amides is 1. The van der Waals surface area contributed by atoms with Crippen LogP contribution in [0.15, 0.2) is 0 Å². The lowest BCUT2D eigenvalue weighted by Crippen LogP contribution is -2.51. The van der Waals surface area contributed by atoms with Crippen molar-refractivity contribution < 1.29 is 13.6 Å². The van der Waals surface area contributed by atoms with Crippen molar-refractivity contribution in [3.05, 3.63) is 0 Å². The third-order valence-corrected chi connectivity index (χ3v) is 4.51. The van der Waals surface area contributed by atoms with E-state index >= 15 is 0 Å².